The zero-order valence-corrected chi connectivity index (χ0v) is 19.4. The van der Waals surface area contributed by atoms with Gasteiger partial charge in [0.15, 0.2) is 11.6 Å². The minimum Gasteiger partial charge on any atom is -0.373 e. The first-order valence-electron chi connectivity index (χ1n) is 11.2. The highest BCUT2D eigenvalue weighted by atomic mass is 19.4. The number of alkyl halides is 3. The van der Waals surface area contributed by atoms with E-state index in [1.165, 1.54) is 19.1 Å². The lowest BCUT2D eigenvalue weighted by atomic mass is 9.81. The van der Waals surface area contributed by atoms with Crippen molar-refractivity contribution in [2.75, 3.05) is 0 Å². The van der Waals surface area contributed by atoms with E-state index in [4.69, 9.17) is 4.74 Å². The van der Waals surface area contributed by atoms with Crippen LogP contribution < -0.4 is 10.9 Å². The van der Waals surface area contributed by atoms with Crippen molar-refractivity contribution in [1.82, 2.24) is 15.3 Å². The fourth-order valence-electron chi connectivity index (χ4n) is 4.03. The molecular formula is C25H21F6N3O3. The monoisotopic (exact) mass is 525 g/mol. The van der Waals surface area contributed by atoms with Gasteiger partial charge in [0, 0.05) is 35.3 Å². The third kappa shape index (κ3) is 5.85. The van der Waals surface area contributed by atoms with Crippen molar-refractivity contribution in [3.05, 3.63) is 86.6 Å². The van der Waals surface area contributed by atoms with E-state index in [1.54, 1.807) is 0 Å². The number of rotatable bonds is 7. The summed E-state index contributed by atoms with van der Waals surface area (Å²) in [6, 6.07) is 6.37. The Labute approximate surface area is 206 Å². The van der Waals surface area contributed by atoms with Gasteiger partial charge in [-0.25, -0.2) is 18.2 Å². The minimum absolute atomic E-state index is 0.0472. The van der Waals surface area contributed by atoms with Crippen molar-refractivity contribution in [1.29, 1.82) is 0 Å². The summed E-state index contributed by atoms with van der Waals surface area (Å²) < 4.78 is 88.4. The van der Waals surface area contributed by atoms with E-state index in [-0.39, 0.29) is 42.4 Å². The molecule has 1 saturated carbocycles. The van der Waals surface area contributed by atoms with E-state index in [1.807, 2.05) is 0 Å². The van der Waals surface area contributed by atoms with Gasteiger partial charge in [-0.15, -0.1) is 0 Å². The van der Waals surface area contributed by atoms with Gasteiger partial charge < -0.3 is 15.0 Å². The third-order valence-electron chi connectivity index (χ3n) is 6.06. The van der Waals surface area contributed by atoms with Crippen molar-refractivity contribution in [3.8, 4) is 11.4 Å². The highest BCUT2D eigenvalue weighted by Crippen LogP contribution is 2.38. The number of benzene rings is 2. The second kappa shape index (κ2) is 10.4. The van der Waals surface area contributed by atoms with Gasteiger partial charge in [0.25, 0.3) is 5.56 Å². The van der Waals surface area contributed by atoms with Crippen LogP contribution in [-0.2, 0) is 28.9 Å². The number of ether oxygens (including phenoxy) is 1. The van der Waals surface area contributed by atoms with Crippen molar-refractivity contribution >= 4 is 5.91 Å². The lowest BCUT2D eigenvalue weighted by Crippen LogP contribution is -2.42. The zero-order valence-electron chi connectivity index (χ0n) is 19.4. The molecule has 0 spiro atoms. The van der Waals surface area contributed by atoms with Crippen molar-refractivity contribution in [2.24, 2.45) is 5.92 Å². The van der Waals surface area contributed by atoms with Crippen LogP contribution in [0.25, 0.3) is 11.4 Å². The fourth-order valence-corrected chi connectivity index (χ4v) is 4.03. The Hall–Kier alpha value is -3.67. The van der Waals surface area contributed by atoms with E-state index in [9.17, 15) is 31.5 Å². The molecule has 12 heteroatoms. The molecule has 2 N–H and O–H groups in total. The van der Waals surface area contributed by atoms with Crippen LogP contribution in [0, 0.1) is 30.3 Å². The minimum atomic E-state index is -4.92. The van der Waals surface area contributed by atoms with Crippen LogP contribution in [-0.4, -0.2) is 22.0 Å². The van der Waals surface area contributed by atoms with Gasteiger partial charge in [-0.05, 0) is 31.9 Å². The van der Waals surface area contributed by atoms with E-state index in [0.717, 1.165) is 18.2 Å². The van der Waals surface area contributed by atoms with Crippen LogP contribution in [0.5, 0.6) is 0 Å². The smallest absolute Gasteiger partial charge is 0.373 e. The van der Waals surface area contributed by atoms with E-state index < -0.39 is 64.5 Å². The number of carbonyl (C=O) groups is 1. The van der Waals surface area contributed by atoms with Crippen LogP contribution in [0.2, 0.25) is 0 Å². The number of carbonyl (C=O) groups excluding carboxylic acids is 1. The second-order valence-corrected chi connectivity index (χ2v) is 8.73. The average Bonchev–Trinajstić information content (AvgIpc) is 2.78. The second-order valence-electron chi connectivity index (χ2n) is 8.73. The standard InChI is InChI=1S/C25H21F6N3O3/c1-12-7-19(35)34-23(33-12)20-17(25(29,30)31)6-5-13(22(20)28)10-32-24(36)15-8-16(9-15)37-11-14-3-2-4-18(26)21(14)27/h2-7,15-16H,8-11H2,1H3,(H,32,36)(H,33,34,35)/t15-,16-. The number of halogens is 6. The van der Waals surface area contributed by atoms with Crippen LogP contribution in [0.15, 0.2) is 41.2 Å². The molecule has 1 aliphatic rings. The maximum atomic E-state index is 15.3. The van der Waals surface area contributed by atoms with Crippen molar-refractivity contribution in [3.63, 3.8) is 0 Å². The molecule has 0 aliphatic heterocycles. The summed E-state index contributed by atoms with van der Waals surface area (Å²) >= 11 is 0. The molecule has 0 bridgehead atoms. The van der Waals surface area contributed by atoms with Gasteiger partial charge in [-0.1, -0.05) is 18.2 Å². The Morgan fingerprint density at radius 3 is 2.51 bits per heavy atom. The molecule has 4 rings (SSSR count). The molecule has 0 radical (unpaired) electrons. The largest absolute Gasteiger partial charge is 0.417 e. The lowest BCUT2D eigenvalue weighted by Gasteiger charge is -2.34. The van der Waals surface area contributed by atoms with E-state index in [2.05, 4.69) is 15.3 Å². The molecule has 6 nitrogen and oxygen atoms in total. The number of amides is 1. The molecule has 1 fully saturated rings. The van der Waals surface area contributed by atoms with Gasteiger partial charge in [0.2, 0.25) is 5.91 Å². The summed E-state index contributed by atoms with van der Waals surface area (Å²) in [5.74, 6) is -4.78. The first-order chi connectivity index (χ1) is 17.4. The third-order valence-corrected chi connectivity index (χ3v) is 6.06. The van der Waals surface area contributed by atoms with Crippen molar-refractivity contribution < 1.29 is 35.9 Å². The molecule has 1 aliphatic carbocycles. The summed E-state index contributed by atoms with van der Waals surface area (Å²) in [6.45, 7) is 0.817. The summed E-state index contributed by atoms with van der Waals surface area (Å²) in [4.78, 5) is 30.2. The molecular weight excluding hydrogens is 504 g/mol. The highest BCUT2D eigenvalue weighted by molar-refractivity contribution is 5.79. The number of aromatic nitrogens is 2. The summed E-state index contributed by atoms with van der Waals surface area (Å²) in [5.41, 5.74) is -3.05. The number of aromatic amines is 1. The molecule has 196 valence electrons. The normalized spacial score (nSPS) is 17.4. The lowest BCUT2D eigenvalue weighted by molar-refractivity contribution is -0.137. The molecule has 2 aromatic carbocycles. The average molecular weight is 525 g/mol. The number of nitrogens with zero attached hydrogens (tertiary/aromatic N) is 1. The Balaban J connectivity index is 1.41. The number of hydrogen-bond acceptors (Lipinski definition) is 4. The SMILES string of the molecule is Cc1cc(=O)[nH]c(-c2c(C(F)(F)F)ccc(CNC(=O)[C@H]3C[C@H](OCc4cccc(F)c4F)C3)c2F)n1. The van der Waals surface area contributed by atoms with Crippen molar-refractivity contribution in [2.45, 2.75) is 45.2 Å². The Morgan fingerprint density at radius 2 is 1.84 bits per heavy atom. The van der Waals surface area contributed by atoms with Gasteiger partial charge >= 0.3 is 6.18 Å². The Bertz CT molecular complexity index is 1380. The van der Waals surface area contributed by atoms with Crippen LogP contribution in [0.3, 0.4) is 0 Å². The number of aryl methyl sites for hydroxylation is 1. The molecule has 3 aromatic rings. The summed E-state index contributed by atoms with van der Waals surface area (Å²) in [5, 5.41) is 2.49. The van der Waals surface area contributed by atoms with Gasteiger partial charge in [0.05, 0.1) is 23.8 Å². The van der Waals surface area contributed by atoms with Crippen LogP contribution in [0.4, 0.5) is 26.3 Å². The molecule has 0 atom stereocenters. The molecule has 0 saturated heterocycles. The molecule has 1 aromatic heterocycles. The highest BCUT2D eigenvalue weighted by Gasteiger charge is 2.38. The summed E-state index contributed by atoms with van der Waals surface area (Å²) in [6.07, 6.45) is -4.71. The molecule has 0 unspecified atom stereocenters. The molecule has 1 heterocycles. The Morgan fingerprint density at radius 1 is 1.11 bits per heavy atom. The van der Waals surface area contributed by atoms with Gasteiger partial charge in [0.1, 0.15) is 11.6 Å². The fraction of sp³-hybridized carbons (Fsp3) is 0.320. The predicted octanol–water partition coefficient (Wildman–Crippen LogP) is 4.79. The number of H-pyrrole nitrogens is 1. The predicted molar refractivity (Wildman–Crippen MR) is 119 cm³/mol. The maximum absolute atomic E-state index is 15.3. The number of hydrogen-bond donors (Lipinski definition) is 2. The van der Waals surface area contributed by atoms with Crippen LogP contribution in [0.1, 0.15) is 35.2 Å². The van der Waals surface area contributed by atoms with Crippen LogP contribution >= 0.6 is 0 Å². The zero-order chi connectivity index (χ0) is 26.9. The first kappa shape index (κ1) is 26.4. The van der Waals surface area contributed by atoms with E-state index >= 15 is 4.39 Å². The van der Waals surface area contributed by atoms with E-state index in [0.29, 0.717) is 6.07 Å². The van der Waals surface area contributed by atoms with Gasteiger partial charge in [-0.3, -0.25) is 9.59 Å². The molecule has 1 amide bonds. The quantitative estimate of drug-likeness (QED) is 0.435. The summed E-state index contributed by atoms with van der Waals surface area (Å²) in [7, 11) is 0. The topological polar surface area (TPSA) is 84.1 Å². The number of nitrogens with one attached hydrogen (secondary N) is 2. The maximum Gasteiger partial charge on any atom is 0.417 e. The molecule has 37 heavy (non-hydrogen) atoms. The Kier molecular flexibility index (Phi) is 7.39. The first-order valence-corrected chi connectivity index (χ1v) is 11.2. The van der Waals surface area contributed by atoms with Gasteiger partial charge in [-0.2, -0.15) is 13.2 Å².